The molecule has 0 radical (unpaired) electrons. The second kappa shape index (κ2) is 7.13. The standard InChI is InChI=1S/C15H20F3NO2/c16-15(17,18)11-21-14-6-3-4-12(8-14)9-19-7-2-1-5-13(19)10-20/h3-4,6,8,13,20H,1-2,5,7,9-11H2. The monoisotopic (exact) mass is 303 g/mol. The van der Waals surface area contributed by atoms with Crippen molar-refractivity contribution in [3.63, 3.8) is 0 Å². The molecule has 1 heterocycles. The lowest BCUT2D eigenvalue weighted by atomic mass is 10.0. The number of aliphatic hydroxyl groups excluding tert-OH is 1. The molecule has 0 aliphatic carbocycles. The number of halogens is 3. The summed E-state index contributed by atoms with van der Waals surface area (Å²) in [7, 11) is 0. The van der Waals surface area contributed by atoms with Gasteiger partial charge in [0.2, 0.25) is 0 Å². The molecule has 1 atom stereocenters. The van der Waals surface area contributed by atoms with Gasteiger partial charge in [-0.05, 0) is 37.1 Å². The Hall–Kier alpha value is -1.27. The average Bonchev–Trinajstić information content (AvgIpc) is 2.45. The summed E-state index contributed by atoms with van der Waals surface area (Å²) in [6.07, 6.45) is -1.18. The number of alkyl halides is 3. The van der Waals surface area contributed by atoms with Crippen molar-refractivity contribution in [3.8, 4) is 5.75 Å². The maximum Gasteiger partial charge on any atom is 0.422 e. The van der Waals surface area contributed by atoms with E-state index in [2.05, 4.69) is 4.90 Å². The number of hydrogen-bond acceptors (Lipinski definition) is 3. The van der Waals surface area contributed by atoms with Crippen molar-refractivity contribution < 1.29 is 23.0 Å². The summed E-state index contributed by atoms with van der Waals surface area (Å²) < 4.78 is 41.2. The van der Waals surface area contributed by atoms with E-state index < -0.39 is 12.8 Å². The number of benzene rings is 1. The molecule has 1 aromatic rings. The van der Waals surface area contributed by atoms with Gasteiger partial charge in [0.1, 0.15) is 5.75 Å². The van der Waals surface area contributed by atoms with Crippen LogP contribution in [-0.2, 0) is 6.54 Å². The highest BCUT2D eigenvalue weighted by molar-refractivity contribution is 5.28. The first kappa shape index (κ1) is 16.1. The van der Waals surface area contributed by atoms with Gasteiger partial charge in [0.25, 0.3) is 0 Å². The van der Waals surface area contributed by atoms with Gasteiger partial charge in [0.05, 0.1) is 6.61 Å². The SMILES string of the molecule is OCC1CCCCN1Cc1cccc(OCC(F)(F)F)c1. The first-order valence-corrected chi connectivity index (χ1v) is 7.11. The molecule has 21 heavy (non-hydrogen) atoms. The number of aliphatic hydroxyl groups is 1. The molecule has 0 spiro atoms. The van der Waals surface area contributed by atoms with Crippen LogP contribution in [-0.4, -0.2) is 42.0 Å². The van der Waals surface area contributed by atoms with Gasteiger partial charge in [-0.2, -0.15) is 13.2 Å². The molecule has 1 fully saturated rings. The van der Waals surface area contributed by atoms with E-state index in [1.807, 2.05) is 6.07 Å². The minimum atomic E-state index is -4.33. The van der Waals surface area contributed by atoms with Crippen molar-refractivity contribution in [2.75, 3.05) is 19.8 Å². The van der Waals surface area contributed by atoms with Gasteiger partial charge in [-0.25, -0.2) is 0 Å². The van der Waals surface area contributed by atoms with Crippen molar-refractivity contribution in [1.82, 2.24) is 4.90 Å². The molecule has 1 aromatic carbocycles. The molecule has 0 amide bonds. The van der Waals surface area contributed by atoms with Crippen LogP contribution in [0, 0.1) is 0 Å². The van der Waals surface area contributed by atoms with Gasteiger partial charge in [0.15, 0.2) is 6.61 Å². The zero-order chi connectivity index (χ0) is 15.3. The van der Waals surface area contributed by atoms with Crippen LogP contribution in [0.1, 0.15) is 24.8 Å². The highest BCUT2D eigenvalue weighted by atomic mass is 19.4. The van der Waals surface area contributed by atoms with Gasteiger partial charge < -0.3 is 9.84 Å². The Morgan fingerprint density at radius 3 is 2.81 bits per heavy atom. The minimum Gasteiger partial charge on any atom is -0.484 e. The van der Waals surface area contributed by atoms with Crippen LogP contribution >= 0.6 is 0 Å². The summed E-state index contributed by atoms with van der Waals surface area (Å²) >= 11 is 0. The smallest absolute Gasteiger partial charge is 0.422 e. The third-order valence-corrected chi connectivity index (χ3v) is 3.65. The molecule has 0 saturated carbocycles. The van der Waals surface area contributed by atoms with Crippen molar-refractivity contribution in [1.29, 1.82) is 0 Å². The van der Waals surface area contributed by atoms with Gasteiger partial charge in [-0.3, -0.25) is 4.90 Å². The van der Waals surface area contributed by atoms with E-state index in [4.69, 9.17) is 4.74 Å². The fourth-order valence-electron chi connectivity index (χ4n) is 2.61. The van der Waals surface area contributed by atoms with E-state index in [9.17, 15) is 18.3 Å². The fraction of sp³-hybridized carbons (Fsp3) is 0.600. The molecule has 0 aromatic heterocycles. The van der Waals surface area contributed by atoms with Crippen LogP contribution in [0.5, 0.6) is 5.75 Å². The Balaban J connectivity index is 1.97. The first-order chi connectivity index (χ1) is 9.98. The molecular weight excluding hydrogens is 283 g/mol. The molecule has 6 heteroatoms. The number of nitrogens with zero attached hydrogens (tertiary/aromatic N) is 1. The summed E-state index contributed by atoms with van der Waals surface area (Å²) in [5.74, 6) is 0.224. The number of ether oxygens (including phenoxy) is 1. The molecule has 1 saturated heterocycles. The van der Waals surface area contributed by atoms with E-state index in [-0.39, 0.29) is 18.4 Å². The number of rotatable bonds is 5. The maximum atomic E-state index is 12.2. The molecule has 118 valence electrons. The molecule has 1 N–H and O–H groups in total. The molecular formula is C15H20F3NO2. The highest BCUT2D eigenvalue weighted by Crippen LogP contribution is 2.23. The Labute approximate surface area is 122 Å². The largest absolute Gasteiger partial charge is 0.484 e. The minimum absolute atomic E-state index is 0.115. The molecule has 2 rings (SSSR count). The van der Waals surface area contributed by atoms with Crippen LogP contribution in [0.4, 0.5) is 13.2 Å². The van der Waals surface area contributed by atoms with Gasteiger partial charge in [0, 0.05) is 12.6 Å². The van der Waals surface area contributed by atoms with Gasteiger partial charge in [-0.15, -0.1) is 0 Å². The summed E-state index contributed by atoms with van der Waals surface area (Å²) in [5, 5.41) is 9.38. The molecule has 1 aliphatic rings. The Bertz CT molecular complexity index is 451. The molecule has 1 unspecified atom stereocenters. The Morgan fingerprint density at radius 1 is 1.29 bits per heavy atom. The molecule has 0 bridgehead atoms. The van der Waals surface area contributed by atoms with E-state index in [1.54, 1.807) is 12.1 Å². The van der Waals surface area contributed by atoms with Crippen LogP contribution in [0.2, 0.25) is 0 Å². The topological polar surface area (TPSA) is 32.7 Å². The van der Waals surface area contributed by atoms with Gasteiger partial charge >= 0.3 is 6.18 Å². The predicted molar refractivity (Wildman–Crippen MR) is 73.1 cm³/mol. The van der Waals surface area contributed by atoms with Crippen LogP contribution in [0.25, 0.3) is 0 Å². The third kappa shape index (κ3) is 5.21. The van der Waals surface area contributed by atoms with Crippen LogP contribution in [0.3, 0.4) is 0 Å². The number of hydrogen-bond donors (Lipinski definition) is 1. The second-order valence-corrected chi connectivity index (χ2v) is 5.35. The third-order valence-electron chi connectivity index (χ3n) is 3.65. The Morgan fingerprint density at radius 2 is 2.10 bits per heavy atom. The van der Waals surface area contributed by atoms with Crippen molar-refractivity contribution in [2.45, 2.75) is 38.0 Å². The van der Waals surface area contributed by atoms with Crippen molar-refractivity contribution >= 4 is 0 Å². The fourth-order valence-corrected chi connectivity index (χ4v) is 2.61. The molecule has 3 nitrogen and oxygen atoms in total. The summed E-state index contributed by atoms with van der Waals surface area (Å²) in [4.78, 5) is 2.17. The number of likely N-dealkylation sites (tertiary alicyclic amines) is 1. The average molecular weight is 303 g/mol. The summed E-state index contributed by atoms with van der Waals surface area (Å²) in [6.45, 7) is 0.358. The zero-order valence-electron chi connectivity index (χ0n) is 11.8. The maximum absolute atomic E-state index is 12.2. The second-order valence-electron chi connectivity index (χ2n) is 5.35. The van der Waals surface area contributed by atoms with E-state index in [1.165, 1.54) is 6.07 Å². The lowest BCUT2D eigenvalue weighted by Crippen LogP contribution is -2.41. The van der Waals surface area contributed by atoms with Gasteiger partial charge in [-0.1, -0.05) is 18.6 Å². The highest BCUT2D eigenvalue weighted by Gasteiger charge is 2.28. The Kier molecular flexibility index (Phi) is 5.47. The normalized spacial score (nSPS) is 20.5. The van der Waals surface area contributed by atoms with Crippen molar-refractivity contribution in [3.05, 3.63) is 29.8 Å². The zero-order valence-corrected chi connectivity index (χ0v) is 11.8. The van der Waals surface area contributed by atoms with Crippen LogP contribution in [0.15, 0.2) is 24.3 Å². The summed E-state index contributed by atoms with van der Waals surface area (Å²) in [6, 6.07) is 6.85. The predicted octanol–water partition coefficient (Wildman–Crippen LogP) is 2.97. The van der Waals surface area contributed by atoms with E-state index in [0.717, 1.165) is 31.4 Å². The lowest BCUT2D eigenvalue weighted by molar-refractivity contribution is -0.153. The van der Waals surface area contributed by atoms with E-state index >= 15 is 0 Å². The lowest BCUT2D eigenvalue weighted by Gasteiger charge is -2.34. The number of piperidine rings is 1. The summed E-state index contributed by atoms with van der Waals surface area (Å²) in [5.41, 5.74) is 0.898. The van der Waals surface area contributed by atoms with E-state index in [0.29, 0.717) is 6.54 Å². The van der Waals surface area contributed by atoms with Crippen molar-refractivity contribution in [2.24, 2.45) is 0 Å². The quantitative estimate of drug-likeness (QED) is 0.908. The molecule has 1 aliphatic heterocycles. The van der Waals surface area contributed by atoms with Crippen LogP contribution < -0.4 is 4.74 Å². The first-order valence-electron chi connectivity index (χ1n) is 7.11.